The second-order valence-electron chi connectivity index (χ2n) is 12.9. The number of rotatable bonds is 13. The monoisotopic (exact) mass is 652 g/mol. The summed E-state index contributed by atoms with van der Waals surface area (Å²) in [6, 6.07) is 6.76. The third kappa shape index (κ3) is 10.5. The van der Waals surface area contributed by atoms with E-state index in [1.165, 1.54) is 22.2 Å². The minimum Gasteiger partial charge on any atom is -0.374 e. The van der Waals surface area contributed by atoms with Crippen molar-refractivity contribution in [2.75, 3.05) is 46.4 Å². The summed E-state index contributed by atoms with van der Waals surface area (Å²) in [7, 11) is 1.63. The summed E-state index contributed by atoms with van der Waals surface area (Å²) in [4.78, 5) is 57.0. The zero-order valence-corrected chi connectivity index (χ0v) is 27.2. The molecular weight excluding hydrogens is 605 g/mol. The number of piperidine rings is 1. The summed E-state index contributed by atoms with van der Waals surface area (Å²) >= 11 is 0. The molecule has 11 nitrogen and oxygen atoms in total. The Morgan fingerprint density at radius 2 is 1.74 bits per heavy atom. The highest BCUT2D eigenvalue weighted by Gasteiger charge is 2.42. The molecule has 3 rings (SSSR count). The molecule has 256 valence electrons. The highest BCUT2D eigenvalue weighted by atomic mass is 19.4. The van der Waals surface area contributed by atoms with Crippen molar-refractivity contribution in [3.63, 3.8) is 0 Å². The molecule has 2 aliphatic heterocycles. The van der Waals surface area contributed by atoms with Gasteiger partial charge in [0.1, 0.15) is 12.1 Å². The first-order chi connectivity index (χ1) is 21.6. The first-order valence-electron chi connectivity index (χ1n) is 15.6. The minimum absolute atomic E-state index is 0.0922. The number of carbonyl (C=O) groups excluding carboxylic acids is 4. The van der Waals surface area contributed by atoms with E-state index in [9.17, 15) is 32.3 Å². The number of ether oxygens (including phenoxy) is 1. The van der Waals surface area contributed by atoms with E-state index in [2.05, 4.69) is 16.0 Å². The van der Waals surface area contributed by atoms with Gasteiger partial charge in [0.05, 0.1) is 31.7 Å². The average Bonchev–Trinajstić information content (AvgIpc) is 3.01. The third-order valence-corrected chi connectivity index (χ3v) is 8.27. The van der Waals surface area contributed by atoms with E-state index >= 15 is 0 Å². The standard InChI is InChI=1S/C32H47F3N6O5/c1-22(36-5)28(43)38-27(31(2,3)4)29(44)37-18-26(42)41-17-16-40(15-14-39-13-9-12-24(19-39)32(33,34)35)30(45)25(41)21-46-20-23-10-7-6-8-11-23/h6-8,10-11,16-17,22,24-25,27,36H,9,12-15,18-21H2,1-5H3,(H,37,44)(H,38,43)/t22-,24?,25+,27-/m1/s1. The van der Waals surface area contributed by atoms with Gasteiger partial charge in [0.15, 0.2) is 0 Å². The lowest BCUT2D eigenvalue weighted by Gasteiger charge is -2.38. The molecule has 0 bridgehead atoms. The van der Waals surface area contributed by atoms with Crippen molar-refractivity contribution in [1.82, 2.24) is 30.7 Å². The van der Waals surface area contributed by atoms with Gasteiger partial charge in [0.2, 0.25) is 17.7 Å². The molecule has 1 unspecified atom stereocenters. The first-order valence-corrected chi connectivity index (χ1v) is 15.6. The quantitative estimate of drug-likeness (QED) is 0.299. The molecule has 1 saturated heterocycles. The van der Waals surface area contributed by atoms with Gasteiger partial charge < -0.3 is 35.4 Å². The fourth-order valence-corrected chi connectivity index (χ4v) is 5.30. The number of likely N-dealkylation sites (tertiary alicyclic amines) is 1. The molecule has 2 heterocycles. The highest BCUT2D eigenvalue weighted by molar-refractivity contribution is 5.94. The second-order valence-corrected chi connectivity index (χ2v) is 12.9. The summed E-state index contributed by atoms with van der Waals surface area (Å²) in [6.07, 6.45) is -0.890. The summed E-state index contributed by atoms with van der Waals surface area (Å²) in [5, 5.41) is 8.15. The van der Waals surface area contributed by atoms with Crippen LogP contribution in [0.25, 0.3) is 0 Å². The topological polar surface area (TPSA) is 123 Å². The SMILES string of the molecule is CN[C@H](C)C(=O)N[C@H](C(=O)NCC(=O)N1C=CN(CCN2CCCC(C(F)(F)F)C2)C(=O)[C@@H]1COCc1ccccc1)C(C)(C)C. The first kappa shape index (κ1) is 37.0. The maximum Gasteiger partial charge on any atom is 0.393 e. The average molecular weight is 653 g/mol. The van der Waals surface area contributed by atoms with E-state index in [-0.39, 0.29) is 45.2 Å². The third-order valence-electron chi connectivity index (χ3n) is 8.27. The van der Waals surface area contributed by atoms with E-state index < -0.39 is 59.9 Å². The Hall–Kier alpha value is -3.49. The van der Waals surface area contributed by atoms with Gasteiger partial charge in [-0.15, -0.1) is 0 Å². The van der Waals surface area contributed by atoms with Gasteiger partial charge in [-0.05, 0) is 44.3 Å². The molecule has 0 radical (unpaired) electrons. The molecule has 14 heteroatoms. The van der Waals surface area contributed by atoms with Crippen LogP contribution in [0, 0.1) is 11.3 Å². The number of benzene rings is 1. The molecule has 0 spiro atoms. The maximum atomic E-state index is 13.6. The smallest absolute Gasteiger partial charge is 0.374 e. The molecule has 1 aromatic rings. The van der Waals surface area contributed by atoms with E-state index in [0.29, 0.717) is 13.0 Å². The van der Waals surface area contributed by atoms with Crippen LogP contribution in [-0.4, -0.2) is 109 Å². The Morgan fingerprint density at radius 3 is 2.37 bits per heavy atom. The number of hydrogen-bond acceptors (Lipinski definition) is 7. The summed E-state index contributed by atoms with van der Waals surface area (Å²) in [5.74, 6) is -3.34. The molecule has 0 saturated carbocycles. The fraction of sp³-hybridized carbons (Fsp3) is 0.625. The number of halogens is 3. The number of likely N-dealkylation sites (N-methyl/N-ethyl adjacent to an activating group) is 1. The van der Waals surface area contributed by atoms with Gasteiger partial charge in [-0.2, -0.15) is 13.2 Å². The highest BCUT2D eigenvalue weighted by Crippen LogP contribution is 2.33. The predicted molar refractivity (Wildman–Crippen MR) is 166 cm³/mol. The lowest BCUT2D eigenvalue weighted by atomic mass is 9.86. The Kier molecular flexibility index (Phi) is 13.2. The van der Waals surface area contributed by atoms with E-state index in [4.69, 9.17) is 4.74 Å². The van der Waals surface area contributed by atoms with Crippen LogP contribution >= 0.6 is 0 Å². The zero-order valence-electron chi connectivity index (χ0n) is 27.2. The molecule has 4 amide bonds. The van der Waals surface area contributed by atoms with Gasteiger partial charge in [0.25, 0.3) is 5.91 Å². The Labute approximate surface area is 268 Å². The van der Waals surface area contributed by atoms with Crippen molar-refractivity contribution >= 4 is 23.6 Å². The zero-order chi connectivity index (χ0) is 34.1. The lowest BCUT2D eigenvalue weighted by molar-refractivity contribution is -0.186. The Balaban J connectivity index is 1.69. The van der Waals surface area contributed by atoms with Crippen LogP contribution in [0.4, 0.5) is 13.2 Å². The molecular formula is C32H47F3N6O5. The number of alkyl halides is 3. The summed E-state index contributed by atoms with van der Waals surface area (Å²) < 4.78 is 45.7. The lowest BCUT2D eigenvalue weighted by Crippen LogP contribution is -2.59. The van der Waals surface area contributed by atoms with Crippen molar-refractivity contribution in [2.24, 2.45) is 11.3 Å². The van der Waals surface area contributed by atoms with E-state index in [1.54, 1.807) is 39.6 Å². The predicted octanol–water partition coefficient (Wildman–Crippen LogP) is 2.24. The van der Waals surface area contributed by atoms with Crippen molar-refractivity contribution in [3.8, 4) is 0 Å². The molecule has 4 atom stereocenters. The van der Waals surface area contributed by atoms with Gasteiger partial charge in [-0.1, -0.05) is 51.1 Å². The van der Waals surface area contributed by atoms with Gasteiger partial charge >= 0.3 is 6.18 Å². The van der Waals surface area contributed by atoms with Crippen LogP contribution in [0.1, 0.15) is 46.1 Å². The summed E-state index contributed by atoms with van der Waals surface area (Å²) in [5.41, 5.74) is 0.204. The minimum atomic E-state index is -4.26. The molecule has 0 aliphatic carbocycles. The van der Waals surface area contributed by atoms with Crippen LogP contribution in [0.15, 0.2) is 42.7 Å². The van der Waals surface area contributed by atoms with Crippen LogP contribution in [-0.2, 0) is 30.5 Å². The van der Waals surface area contributed by atoms with Crippen LogP contribution in [0.3, 0.4) is 0 Å². The van der Waals surface area contributed by atoms with Crippen molar-refractivity contribution in [3.05, 3.63) is 48.3 Å². The molecule has 46 heavy (non-hydrogen) atoms. The second kappa shape index (κ2) is 16.4. The van der Waals surface area contributed by atoms with E-state index in [1.807, 2.05) is 30.3 Å². The van der Waals surface area contributed by atoms with Gasteiger partial charge in [-0.3, -0.25) is 19.2 Å². The number of hydrogen-bond donors (Lipinski definition) is 3. The number of amides is 4. The molecule has 1 fully saturated rings. The molecule has 1 aromatic carbocycles. The van der Waals surface area contributed by atoms with Crippen LogP contribution in [0.2, 0.25) is 0 Å². The largest absolute Gasteiger partial charge is 0.393 e. The van der Waals surface area contributed by atoms with Crippen molar-refractivity contribution in [2.45, 2.75) is 71.4 Å². The van der Waals surface area contributed by atoms with Crippen LogP contribution in [0.5, 0.6) is 0 Å². The molecule has 3 N–H and O–H groups in total. The number of nitrogens with one attached hydrogen (secondary N) is 3. The molecule has 0 aromatic heterocycles. The summed E-state index contributed by atoms with van der Waals surface area (Å²) in [6.45, 7) is 7.42. The molecule has 2 aliphatic rings. The number of carbonyl (C=O) groups is 4. The van der Waals surface area contributed by atoms with Crippen molar-refractivity contribution < 1.29 is 37.1 Å². The van der Waals surface area contributed by atoms with Crippen LogP contribution < -0.4 is 16.0 Å². The Morgan fingerprint density at radius 1 is 1.04 bits per heavy atom. The maximum absolute atomic E-state index is 13.6. The number of nitrogens with zero attached hydrogens (tertiary/aromatic N) is 3. The normalized spacial score (nSPS) is 20.7. The van der Waals surface area contributed by atoms with Crippen molar-refractivity contribution in [1.29, 1.82) is 0 Å². The van der Waals surface area contributed by atoms with Gasteiger partial charge in [-0.25, -0.2) is 0 Å². The Bertz CT molecular complexity index is 1220. The fourth-order valence-electron chi connectivity index (χ4n) is 5.30. The van der Waals surface area contributed by atoms with Gasteiger partial charge in [0, 0.05) is 32.0 Å². The van der Waals surface area contributed by atoms with E-state index in [0.717, 1.165) is 5.56 Å².